The van der Waals surface area contributed by atoms with Gasteiger partial charge in [0.05, 0.1) is 0 Å². The van der Waals surface area contributed by atoms with Crippen molar-refractivity contribution in [3.8, 4) is 0 Å². The molecule has 0 aliphatic carbocycles. The molecule has 0 saturated carbocycles. The fourth-order valence-electron chi connectivity index (χ4n) is 4.05. The quantitative estimate of drug-likeness (QED) is 0.686. The van der Waals surface area contributed by atoms with Crippen LogP contribution in [0, 0.1) is 5.92 Å². The normalized spacial score (nSPS) is 34.4. The minimum atomic E-state index is 0.814. The Hall–Kier alpha value is -0.610. The van der Waals surface area contributed by atoms with Crippen molar-refractivity contribution in [2.75, 3.05) is 39.3 Å². The highest BCUT2D eigenvalue weighted by Crippen LogP contribution is 2.32. The van der Waals surface area contributed by atoms with Gasteiger partial charge in [-0.05, 0) is 31.7 Å². The number of piperidine rings is 2. The predicted octanol–water partition coefficient (Wildman–Crippen LogP) is 0.633. The summed E-state index contributed by atoms with van der Waals surface area (Å²) in [6.07, 6.45) is 4.82. The van der Waals surface area contributed by atoms with Crippen molar-refractivity contribution in [2.24, 2.45) is 5.92 Å². The number of likely N-dealkylation sites (N-methyl/N-ethyl adjacent to an activating group) is 1. The Morgan fingerprint density at radius 3 is 2.39 bits per heavy atom. The molecule has 4 heterocycles. The number of nitrogens with zero attached hydrogens (tertiary/aromatic N) is 3. The van der Waals surface area contributed by atoms with Crippen molar-refractivity contribution in [2.45, 2.75) is 38.3 Å². The average molecular weight is 251 g/mol. The molecule has 0 aromatic heterocycles. The minimum absolute atomic E-state index is 0.814. The number of fused-ring (bicyclic) bond motifs is 2. The fraction of sp³-hybridized carbons (Fsp3) is 0.929. The number of amides is 1. The van der Waals surface area contributed by atoms with Crippen LogP contribution >= 0.6 is 0 Å². The second-order valence-electron chi connectivity index (χ2n) is 6.18. The summed E-state index contributed by atoms with van der Waals surface area (Å²) in [5, 5.41) is 0. The molecule has 2 unspecified atom stereocenters. The summed E-state index contributed by atoms with van der Waals surface area (Å²) in [6.45, 7) is 9.25. The number of carbonyl (C=O) groups excluding carboxylic acids is 1. The van der Waals surface area contributed by atoms with Crippen molar-refractivity contribution in [1.82, 2.24) is 14.7 Å². The van der Waals surface area contributed by atoms with Gasteiger partial charge >= 0.3 is 0 Å². The summed E-state index contributed by atoms with van der Waals surface area (Å²) < 4.78 is 0. The molecule has 0 aromatic rings. The molecule has 2 atom stereocenters. The minimum Gasteiger partial charge on any atom is -0.345 e. The third-order valence-corrected chi connectivity index (χ3v) is 5.10. The standard InChI is InChI=1S/C14H25N3O/c1-2-17-13-7-14(17)10-16(9-13)8-12-3-5-15(11-18)6-4-12/h11-14H,2-10H2,1H3. The van der Waals surface area contributed by atoms with Gasteiger partial charge in [0.1, 0.15) is 0 Å². The predicted molar refractivity (Wildman–Crippen MR) is 71.4 cm³/mol. The van der Waals surface area contributed by atoms with Gasteiger partial charge in [-0.25, -0.2) is 0 Å². The van der Waals surface area contributed by atoms with Gasteiger partial charge in [-0.3, -0.25) is 14.6 Å². The van der Waals surface area contributed by atoms with Gasteiger partial charge in [-0.1, -0.05) is 6.92 Å². The molecule has 0 N–H and O–H groups in total. The molecule has 4 saturated heterocycles. The van der Waals surface area contributed by atoms with E-state index in [0.717, 1.165) is 37.5 Å². The van der Waals surface area contributed by atoms with Gasteiger partial charge in [0.2, 0.25) is 6.41 Å². The van der Waals surface area contributed by atoms with Crippen LogP contribution in [0.1, 0.15) is 26.2 Å². The van der Waals surface area contributed by atoms with E-state index in [1.54, 1.807) is 0 Å². The lowest BCUT2D eigenvalue weighted by Crippen LogP contribution is -2.68. The first-order valence-corrected chi connectivity index (χ1v) is 7.47. The average Bonchev–Trinajstić information content (AvgIpc) is 2.40. The van der Waals surface area contributed by atoms with E-state index in [4.69, 9.17) is 0 Å². The lowest BCUT2D eigenvalue weighted by Gasteiger charge is -2.56. The largest absolute Gasteiger partial charge is 0.345 e. The number of rotatable bonds is 4. The monoisotopic (exact) mass is 251 g/mol. The van der Waals surface area contributed by atoms with Crippen LogP contribution in [0.25, 0.3) is 0 Å². The third kappa shape index (κ3) is 2.28. The molecule has 4 rings (SSSR count). The van der Waals surface area contributed by atoms with E-state index >= 15 is 0 Å². The summed E-state index contributed by atoms with van der Waals surface area (Å²) >= 11 is 0. The molecule has 4 aliphatic rings. The highest BCUT2D eigenvalue weighted by molar-refractivity contribution is 5.47. The van der Waals surface area contributed by atoms with Gasteiger partial charge in [0, 0.05) is 44.8 Å². The van der Waals surface area contributed by atoms with Crippen molar-refractivity contribution < 1.29 is 4.79 Å². The summed E-state index contributed by atoms with van der Waals surface area (Å²) in [5.74, 6) is 0.814. The first kappa shape index (κ1) is 12.4. The van der Waals surface area contributed by atoms with E-state index in [0.29, 0.717) is 0 Å². The zero-order valence-corrected chi connectivity index (χ0v) is 11.4. The zero-order chi connectivity index (χ0) is 12.5. The lowest BCUT2D eigenvalue weighted by atomic mass is 9.86. The molecule has 18 heavy (non-hydrogen) atoms. The SMILES string of the molecule is CCN1C2CC1CN(CC1CCN(C=O)CC1)C2. The number of hydrogen-bond acceptors (Lipinski definition) is 3. The maximum absolute atomic E-state index is 10.7. The molecule has 0 aromatic carbocycles. The Morgan fingerprint density at radius 2 is 1.83 bits per heavy atom. The van der Waals surface area contributed by atoms with Crippen LogP contribution in [0.15, 0.2) is 0 Å². The molecule has 4 aliphatic heterocycles. The summed E-state index contributed by atoms with van der Waals surface area (Å²) in [5.41, 5.74) is 0. The molecule has 4 nitrogen and oxygen atoms in total. The molecular weight excluding hydrogens is 226 g/mol. The Bertz CT molecular complexity index is 289. The Balaban J connectivity index is 1.44. The lowest BCUT2D eigenvalue weighted by molar-refractivity contribution is -0.119. The van der Waals surface area contributed by atoms with Crippen molar-refractivity contribution in [1.29, 1.82) is 0 Å². The van der Waals surface area contributed by atoms with Crippen LogP contribution in [0.4, 0.5) is 0 Å². The van der Waals surface area contributed by atoms with E-state index < -0.39 is 0 Å². The van der Waals surface area contributed by atoms with Gasteiger partial charge in [-0.2, -0.15) is 0 Å². The highest BCUT2D eigenvalue weighted by atomic mass is 16.1. The molecular formula is C14H25N3O. The second-order valence-corrected chi connectivity index (χ2v) is 6.18. The molecule has 4 fully saturated rings. The molecule has 0 spiro atoms. The smallest absolute Gasteiger partial charge is 0.209 e. The van der Waals surface area contributed by atoms with Gasteiger partial charge in [0.15, 0.2) is 0 Å². The van der Waals surface area contributed by atoms with Crippen LogP contribution in [0.5, 0.6) is 0 Å². The Kier molecular flexibility index (Phi) is 3.57. The summed E-state index contributed by atoms with van der Waals surface area (Å²) in [4.78, 5) is 17.9. The number of likely N-dealkylation sites (tertiary alicyclic amines) is 1. The Morgan fingerprint density at radius 1 is 1.17 bits per heavy atom. The van der Waals surface area contributed by atoms with Gasteiger partial charge < -0.3 is 4.90 Å². The van der Waals surface area contributed by atoms with Crippen LogP contribution < -0.4 is 0 Å². The molecule has 4 heteroatoms. The number of piperazine rings is 1. The van der Waals surface area contributed by atoms with E-state index in [9.17, 15) is 4.79 Å². The van der Waals surface area contributed by atoms with Crippen molar-refractivity contribution >= 4 is 6.41 Å². The van der Waals surface area contributed by atoms with Crippen LogP contribution in [-0.4, -0.2) is 72.5 Å². The number of carbonyl (C=O) groups is 1. The first-order chi connectivity index (χ1) is 8.80. The third-order valence-electron chi connectivity index (χ3n) is 5.10. The molecule has 102 valence electrons. The van der Waals surface area contributed by atoms with E-state index in [2.05, 4.69) is 16.7 Å². The topological polar surface area (TPSA) is 26.8 Å². The van der Waals surface area contributed by atoms with Crippen molar-refractivity contribution in [3.05, 3.63) is 0 Å². The van der Waals surface area contributed by atoms with Gasteiger partial charge in [-0.15, -0.1) is 0 Å². The summed E-state index contributed by atoms with van der Waals surface area (Å²) in [7, 11) is 0. The second kappa shape index (κ2) is 5.17. The van der Waals surface area contributed by atoms with Crippen LogP contribution in [0.3, 0.4) is 0 Å². The molecule has 2 bridgehead atoms. The maximum atomic E-state index is 10.7. The highest BCUT2D eigenvalue weighted by Gasteiger charge is 2.43. The van der Waals surface area contributed by atoms with Gasteiger partial charge in [0.25, 0.3) is 0 Å². The van der Waals surface area contributed by atoms with E-state index in [1.165, 1.54) is 45.4 Å². The van der Waals surface area contributed by atoms with Crippen LogP contribution in [-0.2, 0) is 4.79 Å². The zero-order valence-electron chi connectivity index (χ0n) is 11.4. The summed E-state index contributed by atoms with van der Waals surface area (Å²) in [6, 6.07) is 1.67. The van der Waals surface area contributed by atoms with Crippen LogP contribution in [0.2, 0.25) is 0 Å². The number of hydrogen-bond donors (Lipinski definition) is 0. The Labute approximate surface area is 110 Å². The van der Waals surface area contributed by atoms with E-state index in [1.807, 2.05) is 4.90 Å². The molecule has 0 radical (unpaired) electrons. The first-order valence-electron chi connectivity index (χ1n) is 7.47. The van der Waals surface area contributed by atoms with E-state index in [-0.39, 0.29) is 0 Å². The maximum Gasteiger partial charge on any atom is 0.209 e. The van der Waals surface area contributed by atoms with Crippen molar-refractivity contribution in [3.63, 3.8) is 0 Å². The molecule has 1 amide bonds. The fourth-order valence-corrected chi connectivity index (χ4v) is 4.05.